The Morgan fingerprint density at radius 1 is 0.549 bits per heavy atom. The first-order valence-electron chi connectivity index (χ1n) is 27.2. The van der Waals surface area contributed by atoms with Crippen molar-refractivity contribution in [3.05, 3.63) is 168 Å². The molecule has 5 rings (SSSR count). The summed E-state index contributed by atoms with van der Waals surface area (Å²) in [4.78, 5) is 13.4. The molecule has 1 fully saturated rings. The number of aliphatic hydroxyl groups excluding tert-OH is 2. The second kappa shape index (κ2) is 35.6. The largest absolute Gasteiger partial charge is 0.390 e. The van der Waals surface area contributed by atoms with Crippen molar-refractivity contribution < 1.29 is 38.7 Å². The highest BCUT2D eigenvalue weighted by Gasteiger charge is 2.48. The van der Waals surface area contributed by atoms with Gasteiger partial charge in [-0.05, 0) is 47.9 Å². The number of carbonyl (C=O) groups is 1. The van der Waals surface area contributed by atoms with Crippen molar-refractivity contribution in [2.75, 3.05) is 6.61 Å². The molecule has 1 heterocycles. The topological polar surface area (TPSA) is 116 Å². The molecular weight excluding hydrogens is 887 g/mol. The summed E-state index contributed by atoms with van der Waals surface area (Å²) >= 11 is 0. The number of hydrogen-bond donors (Lipinski definition) is 3. The molecule has 0 spiro atoms. The predicted octanol–water partition coefficient (Wildman–Crippen LogP) is 13.1. The highest BCUT2D eigenvalue weighted by Crippen LogP contribution is 2.33. The number of ether oxygens (including phenoxy) is 5. The van der Waals surface area contributed by atoms with Crippen molar-refractivity contribution in [1.82, 2.24) is 5.32 Å². The molecule has 1 amide bonds. The van der Waals surface area contributed by atoms with E-state index in [1.54, 1.807) is 6.08 Å². The predicted molar refractivity (Wildman–Crippen MR) is 286 cm³/mol. The van der Waals surface area contributed by atoms with Gasteiger partial charge < -0.3 is 39.2 Å². The Bertz CT molecular complexity index is 1980. The van der Waals surface area contributed by atoms with Crippen LogP contribution in [-0.4, -0.2) is 71.5 Å². The molecule has 3 N–H and O–H groups in total. The van der Waals surface area contributed by atoms with Crippen LogP contribution in [0.4, 0.5) is 0 Å². The maximum atomic E-state index is 13.4. The van der Waals surface area contributed by atoms with Gasteiger partial charge in [-0.25, -0.2) is 0 Å². The van der Waals surface area contributed by atoms with Crippen molar-refractivity contribution in [1.29, 1.82) is 0 Å². The summed E-state index contributed by atoms with van der Waals surface area (Å²) < 4.78 is 34.0. The van der Waals surface area contributed by atoms with Gasteiger partial charge in [-0.2, -0.15) is 0 Å². The van der Waals surface area contributed by atoms with Gasteiger partial charge in [-0.3, -0.25) is 4.79 Å². The van der Waals surface area contributed by atoms with E-state index in [0.29, 0.717) is 39.3 Å². The Morgan fingerprint density at radius 2 is 0.986 bits per heavy atom. The van der Waals surface area contributed by atoms with Crippen LogP contribution < -0.4 is 5.32 Å². The molecule has 71 heavy (non-hydrogen) atoms. The molecule has 9 nitrogen and oxygen atoms in total. The smallest absolute Gasteiger partial charge is 0.224 e. The minimum atomic E-state index is -1.21. The minimum absolute atomic E-state index is 0.189. The number of amides is 1. The quantitative estimate of drug-likeness (QED) is 0.0302. The summed E-state index contributed by atoms with van der Waals surface area (Å²) in [5.41, 5.74) is 4.09. The lowest BCUT2D eigenvalue weighted by molar-refractivity contribution is -0.271. The van der Waals surface area contributed by atoms with E-state index in [2.05, 4.69) is 18.3 Å². The van der Waals surface area contributed by atoms with E-state index in [4.69, 9.17) is 23.7 Å². The summed E-state index contributed by atoms with van der Waals surface area (Å²) in [6.45, 7) is 5.69. The van der Waals surface area contributed by atoms with E-state index in [0.717, 1.165) is 35.1 Å². The Morgan fingerprint density at radius 3 is 1.46 bits per heavy atom. The van der Waals surface area contributed by atoms with Gasteiger partial charge in [0, 0.05) is 6.42 Å². The third-order valence-electron chi connectivity index (χ3n) is 13.4. The van der Waals surface area contributed by atoms with Crippen LogP contribution in [-0.2, 0) is 54.9 Å². The zero-order chi connectivity index (χ0) is 50.0. The van der Waals surface area contributed by atoms with E-state index in [-0.39, 0.29) is 18.9 Å². The van der Waals surface area contributed by atoms with Gasteiger partial charge in [0.25, 0.3) is 0 Å². The van der Waals surface area contributed by atoms with E-state index >= 15 is 0 Å². The highest BCUT2D eigenvalue weighted by atomic mass is 16.6. The standard InChI is InChI=1S/C62H87NO8/c1-3-5-6-7-8-9-10-11-12-13-14-15-16-17-18-19-32-44-58(65)63-54(59(66)55(64)4-2)42-33-43-56-60(68-46-51-36-26-21-27-37-51)62(70-48-53-40-30-23-31-41-53)61(69-47-52-38-28-22-29-39-52)57(71-56)49-67-45-50-34-24-20-25-35-50/h19-42,54-57,59-62,64,66H,3-18,43-49H2,1-2H3,(H,63,65)/b32-19+,42-33+/t54-,55+,56+,57?,59-,60?,61-,62-/m0/s1. The Labute approximate surface area is 427 Å². The average Bonchev–Trinajstić information content (AvgIpc) is 3.40. The first kappa shape index (κ1) is 57.5. The van der Waals surface area contributed by atoms with Crippen molar-refractivity contribution >= 4 is 5.91 Å². The summed E-state index contributed by atoms with van der Waals surface area (Å²) in [6.07, 6.45) is 23.0. The maximum Gasteiger partial charge on any atom is 0.224 e. The molecule has 1 aliphatic heterocycles. The van der Waals surface area contributed by atoms with Crippen LogP contribution >= 0.6 is 0 Å². The summed E-state index contributed by atoms with van der Waals surface area (Å²) in [5.74, 6) is -0.222. The molecule has 1 saturated heterocycles. The van der Waals surface area contributed by atoms with Gasteiger partial charge in [0.1, 0.15) is 30.5 Å². The lowest BCUT2D eigenvalue weighted by Gasteiger charge is -2.46. The van der Waals surface area contributed by atoms with Crippen LogP contribution in [0.2, 0.25) is 0 Å². The number of benzene rings is 4. The van der Waals surface area contributed by atoms with Gasteiger partial charge >= 0.3 is 0 Å². The van der Waals surface area contributed by atoms with E-state index < -0.39 is 48.8 Å². The van der Waals surface area contributed by atoms with Crippen LogP contribution in [0.15, 0.2) is 146 Å². The number of nitrogens with one attached hydrogen (secondary N) is 1. The monoisotopic (exact) mass is 974 g/mol. The molecule has 0 aliphatic carbocycles. The van der Waals surface area contributed by atoms with Gasteiger partial charge in [0.15, 0.2) is 0 Å². The molecule has 8 atom stereocenters. The summed E-state index contributed by atoms with van der Waals surface area (Å²) in [5, 5.41) is 25.2. The molecule has 388 valence electrons. The van der Waals surface area contributed by atoms with Crippen molar-refractivity contribution in [3.63, 3.8) is 0 Å². The molecule has 2 unspecified atom stereocenters. The van der Waals surface area contributed by atoms with E-state index in [1.807, 2.05) is 140 Å². The average molecular weight is 974 g/mol. The molecule has 9 heteroatoms. The highest BCUT2D eigenvalue weighted by molar-refractivity contribution is 5.78. The number of rotatable bonds is 37. The first-order valence-corrected chi connectivity index (χ1v) is 27.2. The van der Waals surface area contributed by atoms with Crippen molar-refractivity contribution in [2.24, 2.45) is 0 Å². The second-order valence-corrected chi connectivity index (χ2v) is 19.3. The number of allylic oxidation sites excluding steroid dienone is 1. The molecule has 4 aromatic carbocycles. The van der Waals surface area contributed by atoms with E-state index in [1.165, 1.54) is 83.5 Å². The van der Waals surface area contributed by atoms with Crippen molar-refractivity contribution in [3.8, 4) is 0 Å². The van der Waals surface area contributed by atoms with Gasteiger partial charge in [-0.15, -0.1) is 0 Å². The molecular formula is C62H87NO8. The second-order valence-electron chi connectivity index (χ2n) is 19.3. The van der Waals surface area contributed by atoms with Gasteiger partial charge in [-0.1, -0.05) is 243 Å². The Kier molecular flexibility index (Phi) is 28.8. The third kappa shape index (κ3) is 22.9. The number of carbonyl (C=O) groups excluding carboxylic acids is 1. The van der Waals surface area contributed by atoms with Crippen LogP contribution in [0.1, 0.15) is 152 Å². The fraction of sp³-hybridized carbons (Fsp3) is 0.532. The first-order chi connectivity index (χ1) is 34.9. The molecule has 0 aromatic heterocycles. The maximum absolute atomic E-state index is 13.4. The number of aliphatic hydroxyl groups is 2. The molecule has 0 radical (unpaired) electrons. The lowest BCUT2D eigenvalue weighted by atomic mass is 9.92. The van der Waals surface area contributed by atoms with E-state index in [9.17, 15) is 15.0 Å². The Hall–Kier alpha value is -4.45. The van der Waals surface area contributed by atoms with Crippen LogP contribution in [0.5, 0.6) is 0 Å². The van der Waals surface area contributed by atoms with Gasteiger partial charge in [0.05, 0.1) is 51.3 Å². The number of hydrogen-bond acceptors (Lipinski definition) is 8. The normalized spacial score (nSPS) is 19.5. The third-order valence-corrected chi connectivity index (χ3v) is 13.4. The van der Waals surface area contributed by atoms with Crippen LogP contribution in [0.3, 0.4) is 0 Å². The van der Waals surface area contributed by atoms with Crippen LogP contribution in [0.25, 0.3) is 0 Å². The number of unbranched alkanes of at least 4 members (excludes halogenated alkanes) is 14. The lowest BCUT2D eigenvalue weighted by Crippen LogP contribution is -2.61. The molecule has 0 bridgehead atoms. The van der Waals surface area contributed by atoms with Crippen molar-refractivity contribution in [2.45, 2.75) is 205 Å². The fourth-order valence-electron chi connectivity index (χ4n) is 9.17. The summed E-state index contributed by atoms with van der Waals surface area (Å²) in [7, 11) is 0. The molecule has 0 saturated carbocycles. The molecule has 1 aliphatic rings. The Balaban J connectivity index is 1.25. The summed E-state index contributed by atoms with van der Waals surface area (Å²) in [6, 6.07) is 39.4. The molecule has 4 aromatic rings. The SMILES string of the molecule is CCCCCCCCCCCCCCCC/C=C/CC(=O)N[C@@H](/C=C/C[C@H]1OC(COCc2ccccc2)[C@H](OCc2ccccc2)[C@@H](OCc2ccccc2)C1OCc1ccccc1)[C@H](O)[C@H](O)CC. The van der Waals surface area contributed by atoms with Crippen LogP contribution in [0, 0.1) is 0 Å². The van der Waals surface area contributed by atoms with Gasteiger partial charge in [0.2, 0.25) is 5.91 Å². The zero-order valence-corrected chi connectivity index (χ0v) is 43.1. The minimum Gasteiger partial charge on any atom is -0.390 e. The fourth-order valence-corrected chi connectivity index (χ4v) is 9.17. The zero-order valence-electron chi connectivity index (χ0n) is 43.1.